The fourth-order valence-corrected chi connectivity index (χ4v) is 4.87. The van der Waals surface area contributed by atoms with Crippen LogP contribution in [0.4, 0.5) is 13.2 Å². The summed E-state index contributed by atoms with van der Waals surface area (Å²) >= 11 is 0. The first-order valence-electron chi connectivity index (χ1n) is 9.68. The summed E-state index contributed by atoms with van der Waals surface area (Å²) < 4.78 is 40.8. The number of halogens is 3. The Hall–Kier alpha value is -2.87. The predicted octanol–water partition coefficient (Wildman–Crippen LogP) is 4.76. The molecule has 1 amide bonds. The molecule has 0 bridgehead atoms. The van der Waals surface area contributed by atoms with Crippen molar-refractivity contribution in [1.29, 1.82) is 0 Å². The molecular formula is C22H22F3N3O2. The average molecular weight is 417 g/mol. The summed E-state index contributed by atoms with van der Waals surface area (Å²) in [6, 6.07) is 9.96. The van der Waals surface area contributed by atoms with Gasteiger partial charge in [0.15, 0.2) is 0 Å². The molecule has 0 spiro atoms. The third kappa shape index (κ3) is 3.06. The second kappa shape index (κ2) is 7.12. The van der Waals surface area contributed by atoms with Crippen LogP contribution in [0.25, 0.3) is 10.9 Å². The van der Waals surface area contributed by atoms with Gasteiger partial charge in [-0.15, -0.1) is 0 Å². The Bertz CT molecular complexity index is 1130. The fraction of sp³-hybridized carbons (Fsp3) is 0.364. The zero-order valence-electron chi connectivity index (χ0n) is 16.6. The number of aromatic nitrogens is 2. The van der Waals surface area contributed by atoms with E-state index in [9.17, 15) is 23.2 Å². The summed E-state index contributed by atoms with van der Waals surface area (Å²) in [5.74, 6) is -0.992. The molecule has 4 rings (SSSR count). The van der Waals surface area contributed by atoms with E-state index in [2.05, 4.69) is 5.10 Å². The predicted molar refractivity (Wildman–Crippen MR) is 105 cm³/mol. The van der Waals surface area contributed by atoms with Gasteiger partial charge in [0.05, 0.1) is 10.9 Å². The minimum absolute atomic E-state index is 0.331. The lowest BCUT2D eigenvalue weighted by Crippen LogP contribution is -2.43. The van der Waals surface area contributed by atoms with Crippen molar-refractivity contribution >= 4 is 16.8 Å². The molecule has 1 aliphatic carbocycles. The van der Waals surface area contributed by atoms with Gasteiger partial charge in [0.25, 0.3) is 5.91 Å². The van der Waals surface area contributed by atoms with Crippen molar-refractivity contribution in [2.24, 2.45) is 0 Å². The van der Waals surface area contributed by atoms with Gasteiger partial charge < -0.3 is 0 Å². The summed E-state index contributed by atoms with van der Waals surface area (Å²) in [6.07, 6.45) is 2.62. The molecular weight excluding hydrogens is 395 g/mol. The lowest BCUT2D eigenvalue weighted by molar-refractivity contribution is -0.135. The van der Waals surface area contributed by atoms with Gasteiger partial charge >= 0.3 is 6.55 Å². The number of benzene rings is 2. The molecule has 8 heteroatoms. The van der Waals surface area contributed by atoms with Gasteiger partial charge in [0, 0.05) is 11.6 Å². The van der Waals surface area contributed by atoms with Gasteiger partial charge in [-0.3, -0.25) is 10.0 Å². The zero-order chi connectivity index (χ0) is 21.7. The summed E-state index contributed by atoms with van der Waals surface area (Å²) in [6.45, 7) is 0.884. The van der Waals surface area contributed by atoms with Crippen molar-refractivity contribution in [3.05, 3.63) is 65.1 Å². The zero-order valence-corrected chi connectivity index (χ0v) is 16.6. The van der Waals surface area contributed by atoms with E-state index in [0.717, 1.165) is 5.56 Å². The van der Waals surface area contributed by atoms with Crippen LogP contribution in [0.3, 0.4) is 0 Å². The third-order valence-corrected chi connectivity index (χ3v) is 6.54. The molecule has 1 fully saturated rings. The van der Waals surface area contributed by atoms with E-state index in [-0.39, 0.29) is 0 Å². The molecule has 2 aromatic carbocycles. The molecule has 1 heterocycles. The van der Waals surface area contributed by atoms with Crippen LogP contribution >= 0.6 is 0 Å². The summed E-state index contributed by atoms with van der Waals surface area (Å²) in [5.41, 5.74) is 2.39. The van der Waals surface area contributed by atoms with Gasteiger partial charge in [0.2, 0.25) is 0 Å². The molecule has 1 saturated carbocycles. The maximum absolute atomic E-state index is 14.3. The van der Waals surface area contributed by atoms with Crippen LogP contribution in [-0.4, -0.2) is 20.9 Å². The highest BCUT2D eigenvalue weighted by Crippen LogP contribution is 2.53. The highest BCUT2D eigenvalue weighted by atomic mass is 19.3. The highest BCUT2D eigenvalue weighted by molar-refractivity contribution is 5.88. The minimum atomic E-state index is -2.72. The van der Waals surface area contributed by atoms with Crippen molar-refractivity contribution in [3.63, 3.8) is 0 Å². The molecule has 1 aliphatic rings. The number of nitrogens with one attached hydrogen (secondary N) is 1. The first-order valence-corrected chi connectivity index (χ1v) is 9.68. The molecule has 0 radical (unpaired) electrons. The second-order valence-electron chi connectivity index (χ2n) is 8.33. The monoisotopic (exact) mass is 417 g/mol. The van der Waals surface area contributed by atoms with Crippen LogP contribution in [0.2, 0.25) is 0 Å². The number of fused-ring (bicyclic) bond motifs is 1. The standard InChI is InChI=1S/C22H22F3N3O2/c1-13-16(4-3-5-17(13)23)22(19(29)27-30)9-8-21(2,12-22)15-7-6-14-11-28(20(24)25)26-18(14)10-15/h3-7,10-11,20,30H,8-9,12H2,1-2H3,(H,27,29)/t21-,22+/m1/s1. The number of amides is 1. The fourth-order valence-electron chi connectivity index (χ4n) is 4.87. The van der Waals surface area contributed by atoms with Gasteiger partial charge in [-0.25, -0.2) is 14.6 Å². The van der Waals surface area contributed by atoms with E-state index >= 15 is 0 Å². The van der Waals surface area contributed by atoms with E-state index < -0.39 is 29.1 Å². The van der Waals surface area contributed by atoms with Gasteiger partial charge in [-0.2, -0.15) is 13.9 Å². The molecule has 2 atom stereocenters. The number of hydroxylamine groups is 1. The summed E-state index contributed by atoms with van der Waals surface area (Å²) in [4.78, 5) is 12.8. The molecule has 30 heavy (non-hydrogen) atoms. The average Bonchev–Trinajstić information content (AvgIpc) is 3.32. The maximum Gasteiger partial charge on any atom is 0.333 e. The molecule has 3 aromatic rings. The van der Waals surface area contributed by atoms with Crippen LogP contribution in [0, 0.1) is 12.7 Å². The van der Waals surface area contributed by atoms with Crippen LogP contribution in [-0.2, 0) is 15.6 Å². The third-order valence-electron chi connectivity index (χ3n) is 6.54. The van der Waals surface area contributed by atoms with Crippen molar-refractivity contribution < 1.29 is 23.2 Å². The SMILES string of the molecule is Cc1c(F)cccc1[C@]1(C(=O)NO)CC[C@@](C)(c2ccc3cn(C(F)F)nc3c2)C1. The number of alkyl halides is 2. The van der Waals surface area contributed by atoms with Crippen molar-refractivity contribution in [1.82, 2.24) is 15.3 Å². The lowest BCUT2D eigenvalue weighted by atomic mass is 9.71. The Morgan fingerprint density at radius 3 is 2.73 bits per heavy atom. The highest BCUT2D eigenvalue weighted by Gasteiger charge is 2.52. The van der Waals surface area contributed by atoms with Crippen LogP contribution in [0.5, 0.6) is 0 Å². The maximum atomic E-state index is 14.3. The molecule has 0 aliphatic heterocycles. The first-order chi connectivity index (χ1) is 14.2. The molecule has 158 valence electrons. The molecule has 2 N–H and O–H groups in total. The van der Waals surface area contributed by atoms with Gasteiger partial charge in [-0.05, 0) is 60.4 Å². The quantitative estimate of drug-likeness (QED) is 0.475. The van der Waals surface area contributed by atoms with Crippen LogP contribution in [0.1, 0.15) is 49.4 Å². The Morgan fingerprint density at radius 2 is 2.03 bits per heavy atom. The van der Waals surface area contributed by atoms with Crippen molar-refractivity contribution in [2.75, 3.05) is 0 Å². The number of hydrogen-bond donors (Lipinski definition) is 2. The lowest BCUT2D eigenvalue weighted by Gasteiger charge is -2.32. The van der Waals surface area contributed by atoms with Gasteiger partial charge in [0.1, 0.15) is 5.82 Å². The van der Waals surface area contributed by atoms with E-state index in [1.165, 1.54) is 12.3 Å². The first kappa shape index (κ1) is 20.4. The Morgan fingerprint density at radius 1 is 1.27 bits per heavy atom. The Labute approximate surface area is 171 Å². The van der Waals surface area contributed by atoms with Crippen molar-refractivity contribution in [2.45, 2.75) is 50.5 Å². The minimum Gasteiger partial charge on any atom is -0.289 e. The summed E-state index contributed by atoms with van der Waals surface area (Å²) in [5, 5.41) is 14.0. The Kier molecular flexibility index (Phi) is 4.85. The van der Waals surface area contributed by atoms with Gasteiger partial charge in [-0.1, -0.05) is 31.2 Å². The molecule has 0 saturated heterocycles. The number of carbonyl (C=O) groups is 1. The largest absolute Gasteiger partial charge is 0.333 e. The molecule has 1 aromatic heterocycles. The van der Waals surface area contributed by atoms with Crippen molar-refractivity contribution in [3.8, 4) is 0 Å². The number of rotatable bonds is 4. The number of carbonyl (C=O) groups excluding carboxylic acids is 1. The molecule has 5 nitrogen and oxygen atoms in total. The van der Waals surface area contributed by atoms with E-state index in [1.54, 1.807) is 36.7 Å². The van der Waals surface area contributed by atoms with E-state index in [0.29, 0.717) is 46.0 Å². The van der Waals surface area contributed by atoms with E-state index in [1.807, 2.05) is 13.0 Å². The Balaban J connectivity index is 1.78. The summed E-state index contributed by atoms with van der Waals surface area (Å²) in [7, 11) is 0. The topological polar surface area (TPSA) is 67.2 Å². The van der Waals surface area contributed by atoms with Crippen LogP contribution < -0.4 is 5.48 Å². The number of hydrogen-bond acceptors (Lipinski definition) is 3. The smallest absolute Gasteiger partial charge is 0.289 e. The number of nitrogens with zero attached hydrogens (tertiary/aromatic N) is 2. The van der Waals surface area contributed by atoms with E-state index in [4.69, 9.17) is 0 Å². The normalized spacial score (nSPS) is 24.0. The van der Waals surface area contributed by atoms with Crippen LogP contribution in [0.15, 0.2) is 42.6 Å². The molecule has 0 unspecified atom stereocenters. The second-order valence-corrected chi connectivity index (χ2v) is 8.33.